The zero-order valence-electron chi connectivity index (χ0n) is 9.31. The Morgan fingerprint density at radius 1 is 1.00 bits per heavy atom. The third-order valence-corrected chi connectivity index (χ3v) is 2.53. The number of rotatable bonds is 4. The van der Waals surface area contributed by atoms with Gasteiger partial charge in [0.2, 0.25) is 0 Å². The summed E-state index contributed by atoms with van der Waals surface area (Å²) in [5.41, 5.74) is 1.66. The minimum absolute atomic E-state index is 0.294. The van der Waals surface area contributed by atoms with E-state index >= 15 is 0 Å². The van der Waals surface area contributed by atoms with Crippen LogP contribution in [0.2, 0.25) is 0 Å². The fourth-order valence-electron chi connectivity index (χ4n) is 1.57. The van der Waals surface area contributed by atoms with Gasteiger partial charge in [0, 0.05) is 12.2 Å². The molecule has 3 heteroatoms. The highest BCUT2D eigenvalue weighted by molar-refractivity contribution is 5.42. The molecular weight excluding hydrogens is 217 g/mol. The van der Waals surface area contributed by atoms with Gasteiger partial charge in [-0.3, -0.25) is 0 Å². The van der Waals surface area contributed by atoms with Gasteiger partial charge in [0.1, 0.15) is 5.82 Å². The Morgan fingerprint density at radius 2 is 1.65 bits per heavy atom. The lowest BCUT2D eigenvalue weighted by molar-refractivity contribution is 0.191. The fraction of sp³-hybridized carbons (Fsp3) is 0.143. The second-order valence-electron chi connectivity index (χ2n) is 3.81. The molecule has 0 saturated heterocycles. The molecule has 2 nitrogen and oxygen atoms in total. The summed E-state index contributed by atoms with van der Waals surface area (Å²) >= 11 is 0. The Balaban J connectivity index is 1.93. The summed E-state index contributed by atoms with van der Waals surface area (Å²) in [6.07, 6.45) is -0.643. The van der Waals surface area contributed by atoms with Gasteiger partial charge in [-0.05, 0) is 29.8 Å². The van der Waals surface area contributed by atoms with Crippen molar-refractivity contribution in [3.63, 3.8) is 0 Å². The van der Waals surface area contributed by atoms with Crippen molar-refractivity contribution in [1.82, 2.24) is 0 Å². The second kappa shape index (κ2) is 5.46. The van der Waals surface area contributed by atoms with E-state index in [-0.39, 0.29) is 5.82 Å². The van der Waals surface area contributed by atoms with Crippen LogP contribution in [0.5, 0.6) is 0 Å². The largest absolute Gasteiger partial charge is 0.387 e. The number of aliphatic hydroxyl groups is 1. The highest BCUT2D eigenvalue weighted by Gasteiger charge is 2.06. The van der Waals surface area contributed by atoms with Crippen LogP contribution in [0.1, 0.15) is 11.7 Å². The Bertz CT molecular complexity index is 455. The van der Waals surface area contributed by atoms with Gasteiger partial charge in [-0.2, -0.15) is 0 Å². The third-order valence-electron chi connectivity index (χ3n) is 2.53. The van der Waals surface area contributed by atoms with Crippen LogP contribution in [0.3, 0.4) is 0 Å². The van der Waals surface area contributed by atoms with E-state index in [0.29, 0.717) is 12.1 Å². The predicted molar refractivity (Wildman–Crippen MR) is 66.3 cm³/mol. The van der Waals surface area contributed by atoms with Crippen molar-refractivity contribution in [1.29, 1.82) is 0 Å². The van der Waals surface area contributed by atoms with E-state index in [9.17, 15) is 9.50 Å². The molecule has 0 heterocycles. The van der Waals surface area contributed by atoms with Crippen molar-refractivity contribution in [3.05, 3.63) is 66.0 Å². The monoisotopic (exact) mass is 231 g/mol. The molecule has 0 saturated carbocycles. The van der Waals surface area contributed by atoms with Gasteiger partial charge >= 0.3 is 0 Å². The maximum absolute atomic E-state index is 12.7. The summed E-state index contributed by atoms with van der Waals surface area (Å²) < 4.78 is 12.7. The Hall–Kier alpha value is -1.87. The SMILES string of the molecule is OC(CNc1ccccc1)c1ccc(F)cc1. The fourth-order valence-corrected chi connectivity index (χ4v) is 1.57. The van der Waals surface area contributed by atoms with Crippen molar-refractivity contribution in [2.75, 3.05) is 11.9 Å². The molecule has 88 valence electrons. The summed E-state index contributed by atoms with van der Waals surface area (Å²) in [6.45, 7) is 0.398. The maximum Gasteiger partial charge on any atom is 0.123 e. The molecule has 0 aromatic heterocycles. The van der Waals surface area contributed by atoms with Crippen LogP contribution in [-0.2, 0) is 0 Å². The van der Waals surface area contributed by atoms with Crippen molar-refractivity contribution >= 4 is 5.69 Å². The van der Waals surface area contributed by atoms with Gasteiger partial charge < -0.3 is 10.4 Å². The van der Waals surface area contributed by atoms with Gasteiger partial charge in [0.05, 0.1) is 6.10 Å². The first-order chi connectivity index (χ1) is 8.25. The number of para-hydroxylation sites is 1. The van der Waals surface area contributed by atoms with Crippen LogP contribution in [0.15, 0.2) is 54.6 Å². The van der Waals surface area contributed by atoms with E-state index < -0.39 is 6.10 Å². The Labute approximate surface area is 99.7 Å². The summed E-state index contributed by atoms with van der Waals surface area (Å²) in [5.74, 6) is -0.294. The van der Waals surface area contributed by atoms with E-state index in [1.165, 1.54) is 12.1 Å². The molecule has 2 N–H and O–H groups in total. The summed E-state index contributed by atoms with van der Waals surface area (Å²) in [4.78, 5) is 0. The van der Waals surface area contributed by atoms with Crippen LogP contribution in [0.4, 0.5) is 10.1 Å². The van der Waals surface area contributed by atoms with Crippen LogP contribution < -0.4 is 5.32 Å². The summed E-state index contributed by atoms with van der Waals surface area (Å²) in [7, 11) is 0. The second-order valence-corrected chi connectivity index (χ2v) is 3.81. The van der Waals surface area contributed by atoms with Gasteiger partial charge in [0.25, 0.3) is 0 Å². The lowest BCUT2D eigenvalue weighted by Gasteiger charge is -2.13. The molecule has 17 heavy (non-hydrogen) atoms. The van der Waals surface area contributed by atoms with Crippen molar-refractivity contribution in [2.24, 2.45) is 0 Å². The Morgan fingerprint density at radius 3 is 2.29 bits per heavy atom. The van der Waals surface area contributed by atoms with Gasteiger partial charge in [0.15, 0.2) is 0 Å². The van der Waals surface area contributed by atoms with E-state index in [4.69, 9.17) is 0 Å². The lowest BCUT2D eigenvalue weighted by Crippen LogP contribution is -2.11. The first-order valence-electron chi connectivity index (χ1n) is 5.48. The van der Waals surface area contributed by atoms with Crippen LogP contribution in [0, 0.1) is 5.82 Å². The van der Waals surface area contributed by atoms with Gasteiger partial charge in [-0.1, -0.05) is 30.3 Å². The lowest BCUT2D eigenvalue weighted by atomic mass is 10.1. The first kappa shape index (κ1) is 11.6. The quantitative estimate of drug-likeness (QED) is 0.847. The molecule has 0 radical (unpaired) electrons. The molecule has 0 bridgehead atoms. The van der Waals surface area contributed by atoms with Crippen molar-refractivity contribution in [3.8, 4) is 0 Å². The van der Waals surface area contributed by atoms with Crippen LogP contribution in [-0.4, -0.2) is 11.7 Å². The molecule has 0 aliphatic heterocycles. The number of nitrogens with one attached hydrogen (secondary N) is 1. The standard InChI is InChI=1S/C14H14FNO/c15-12-8-6-11(7-9-12)14(17)10-16-13-4-2-1-3-5-13/h1-9,14,16-17H,10H2. The molecule has 2 aromatic carbocycles. The molecule has 0 spiro atoms. The maximum atomic E-state index is 12.7. The molecule has 0 aliphatic rings. The highest BCUT2D eigenvalue weighted by atomic mass is 19.1. The van der Waals surface area contributed by atoms with Gasteiger partial charge in [-0.25, -0.2) is 4.39 Å². The molecule has 0 amide bonds. The molecule has 2 rings (SSSR count). The van der Waals surface area contributed by atoms with E-state index in [1.54, 1.807) is 12.1 Å². The highest BCUT2D eigenvalue weighted by Crippen LogP contribution is 2.14. The van der Waals surface area contributed by atoms with Crippen molar-refractivity contribution in [2.45, 2.75) is 6.10 Å². The molecule has 1 atom stereocenters. The van der Waals surface area contributed by atoms with Crippen molar-refractivity contribution < 1.29 is 9.50 Å². The van der Waals surface area contributed by atoms with Gasteiger partial charge in [-0.15, -0.1) is 0 Å². The van der Waals surface area contributed by atoms with E-state index in [1.807, 2.05) is 30.3 Å². The molecule has 1 unspecified atom stereocenters. The first-order valence-corrected chi connectivity index (χ1v) is 5.48. The topological polar surface area (TPSA) is 32.3 Å². The van der Waals surface area contributed by atoms with Crippen LogP contribution >= 0.6 is 0 Å². The smallest absolute Gasteiger partial charge is 0.123 e. The number of halogens is 1. The zero-order chi connectivity index (χ0) is 12.1. The minimum atomic E-state index is -0.643. The average molecular weight is 231 g/mol. The number of anilines is 1. The van der Waals surface area contributed by atoms with Crippen LogP contribution in [0.25, 0.3) is 0 Å². The zero-order valence-corrected chi connectivity index (χ0v) is 9.31. The molecular formula is C14H14FNO. The molecule has 0 aliphatic carbocycles. The van der Waals surface area contributed by atoms with E-state index in [0.717, 1.165) is 5.69 Å². The minimum Gasteiger partial charge on any atom is -0.387 e. The number of hydrogen-bond donors (Lipinski definition) is 2. The normalized spacial score (nSPS) is 12.1. The average Bonchev–Trinajstić information content (AvgIpc) is 2.38. The number of aliphatic hydroxyl groups excluding tert-OH is 1. The predicted octanol–water partition coefficient (Wildman–Crippen LogP) is 2.97. The number of hydrogen-bond acceptors (Lipinski definition) is 2. The third kappa shape index (κ3) is 3.29. The number of benzene rings is 2. The summed E-state index contributed by atoms with van der Waals surface area (Å²) in [6, 6.07) is 15.5. The molecule has 0 fully saturated rings. The summed E-state index contributed by atoms with van der Waals surface area (Å²) in [5, 5.41) is 13.0. The Kier molecular flexibility index (Phi) is 3.73. The molecule has 2 aromatic rings. The van der Waals surface area contributed by atoms with E-state index in [2.05, 4.69) is 5.32 Å².